The molecule has 2 amide bonds. The molecule has 5 nitrogen and oxygen atoms in total. The fraction of sp³-hybridized carbons (Fsp3) is 0.300. The fourth-order valence-corrected chi connectivity index (χ4v) is 2.92. The Hall–Kier alpha value is -2.82. The predicted octanol–water partition coefficient (Wildman–Crippen LogP) is 3.31. The molecule has 130 valence electrons. The molecule has 1 aliphatic rings. The van der Waals surface area contributed by atoms with Crippen molar-refractivity contribution in [2.24, 2.45) is 0 Å². The lowest BCUT2D eigenvalue weighted by molar-refractivity contribution is -0.122. The van der Waals surface area contributed by atoms with Crippen molar-refractivity contribution >= 4 is 23.2 Å². The number of benzene rings is 2. The Balaban J connectivity index is 1.65. The van der Waals surface area contributed by atoms with Crippen molar-refractivity contribution in [3.63, 3.8) is 0 Å². The minimum Gasteiger partial charge on any atom is -0.481 e. The van der Waals surface area contributed by atoms with Gasteiger partial charge in [0.05, 0.1) is 0 Å². The summed E-state index contributed by atoms with van der Waals surface area (Å²) >= 11 is 0. The molecule has 1 unspecified atom stereocenters. The Morgan fingerprint density at radius 2 is 1.88 bits per heavy atom. The van der Waals surface area contributed by atoms with Crippen LogP contribution in [0.5, 0.6) is 5.75 Å². The van der Waals surface area contributed by atoms with Gasteiger partial charge in [-0.3, -0.25) is 9.59 Å². The minimum absolute atomic E-state index is 0.0376. The Bertz CT molecular complexity index is 799. The van der Waals surface area contributed by atoms with Gasteiger partial charge in [0.2, 0.25) is 5.91 Å². The lowest BCUT2D eigenvalue weighted by Crippen LogP contribution is -2.30. The summed E-state index contributed by atoms with van der Waals surface area (Å²) in [4.78, 5) is 25.7. The van der Waals surface area contributed by atoms with Crippen molar-refractivity contribution in [1.82, 2.24) is 0 Å². The van der Waals surface area contributed by atoms with Crippen molar-refractivity contribution < 1.29 is 14.3 Å². The molecule has 5 heteroatoms. The number of carbonyl (C=O) groups excluding carboxylic acids is 2. The second kappa shape index (κ2) is 6.97. The van der Waals surface area contributed by atoms with Crippen LogP contribution in [0.3, 0.4) is 0 Å². The van der Waals surface area contributed by atoms with Crippen LogP contribution in [0.25, 0.3) is 0 Å². The fourth-order valence-electron chi connectivity index (χ4n) is 2.92. The molecule has 0 radical (unpaired) electrons. The monoisotopic (exact) mass is 338 g/mol. The maximum Gasteiger partial charge on any atom is 0.265 e. The summed E-state index contributed by atoms with van der Waals surface area (Å²) in [6, 6.07) is 13.2. The van der Waals surface area contributed by atoms with Crippen molar-refractivity contribution in [3.05, 3.63) is 53.6 Å². The molecule has 2 aromatic rings. The molecule has 1 heterocycles. The summed E-state index contributed by atoms with van der Waals surface area (Å²) in [7, 11) is 0. The second-order valence-electron chi connectivity index (χ2n) is 6.33. The zero-order valence-electron chi connectivity index (χ0n) is 14.7. The van der Waals surface area contributed by atoms with Crippen molar-refractivity contribution in [2.75, 3.05) is 16.8 Å². The largest absolute Gasteiger partial charge is 0.481 e. The molecule has 1 N–H and O–H groups in total. The van der Waals surface area contributed by atoms with Gasteiger partial charge in [0.25, 0.3) is 5.91 Å². The number of hydrogen-bond donors (Lipinski definition) is 1. The number of amides is 2. The number of hydrogen-bond acceptors (Lipinski definition) is 3. The van der Waals surface area contributed by atoms with Gasteiger partial charge in [-0.2, -0.15) is 0 Å². The highest BCUT2D eigenvalue weighted by atomic mass is 16.5. The first kappa shape index (κ1) is 17.0. The average Bonchev–Trinajstić information content (AvgIpc) is 3.00. The van der Waals surface area contributed by atoms with Gasteiger partial charge < -0.3 is 15.0 Å². The summed E-state index contributed by atoms with van der Waals surface area (Å²) in [6.07, 6.45) is 0.193. The van der Waals surface area contributed by atoms with E-state index in [1.165, 1.54) is 0 Å². The number of nitrogens with zero attached hydrogens (tertiary/aromatic N) is 1. The maximum absolute atomic E-state index is 12.4. The molecule has 1 aliphatic heterocycles. The third-order valence-corrected chi connectivity index (χ3v) is 4.33. The van der Waals surface area contributed by atoms with E-state index in [2.05, 4.69) is 5.32 Å². The van der Waals surface area contributed by atoms with Crippen molar-refractivity contribution in [1.29, 1.82) is 0 Å². The number of ether oxygens (including phenoxy) is 1. The summed E-state index contributed by atoms with van der Waals surface area (Å²) in [6.45, 7) is 5.98. The summed E-state index contributed by atoms with van der Waals surface area (Å²) in [5, 5.41) is 2.88. The highest BCUT2D eigenvalue weighted by Crippen LogP contribution is 2.30. The van der Waals surface area contributed by atoms with Crippen LogP contribution < -0.4 is 15.0 Å². The van der Waals surface area contributed by atoms with Crippen molar-refractivity contribution in [3.8, 4) is 5.75 Å². The van der Waals surface area contributed by atoms with E-state index in [4.69, 9.17) is 4.74 Å². The highest BCUT2D eigenvalue weighted by molar-refractivity contribution is 5.96. The smallest absolute Gasteiger partial charge is 0.265 e. The Morgan fingerprint density at radius 3 is 2.56 bits per heavy atom. The maximum atomic E-state index is 12.4. The van der Waals surface area contributed by atoms with E-state index in [-0.39, 0.29) is 11.8 Å². The van der Waals surface area contributed by atoms with Gasteiger partial charge in [0, 0.05) is 24.8 Å². The average molecular weight is 338 g/mol. The van der Waals surface area contributed by atoms with E-state index in [0.29, 0.717) is 18.0 Å². The van der Waals surface area contributed by atoms with Crippen LogP contribution in [-0.2, 0) is 16.0 Å². The summed E-state index contributed by atoms with van der Waals surface area (Å²) in [5.41, 5.74) is 3.85. The normalized spacial score (nSPS) is 14.0. The zero-order valence-corrected chi connectivity index (χ0v) is 14.7. The number of carbonyl (C=O) groups is 2. The van der Waals surface area contributed by atoms with E-state index in [9.17, 15) is 9.59 Å². The molecule has 0 aromatic heterocycles. The molecule has 25 heavy (non-hydrogen) atoms. The molecule has 0 bridgehead atoms. The molecule has 0 aliphatic carbocycles. The van der Waals surface area contributed by atoms with Crippen LogP contribution in [0.1, 0.15) is 25.0 Å². The van der Waals surface area contributed by atoms with Crippen LogP contribution in [0, 0.1) is 6.92 Å². The number of fused-ring (bicyclic) bond motifs is 1. The summed E-state index contributed by atoms with van der Waals surface area (Å²) in [5.74, 6) is 0.497. The summed E-state index contributed by atoms with van der Waals surface area (Å²) < 4.78 is 5.68. The third-order valence-electron chi connectivity index (χ3n) is 4.33. The van der Waals surface area contributed by atoms with E-state index in [0.717, 1.165) is 23.2 Å². The molecule has 0 spiro atoms. The topological polar surface area (TPSA) is 58.6 Å². The molecule has 0 saturated heterocycles. The molecule has 0 fully saturated rings. The van der Waals surface area contributed by atoms with Crippen LogP contribution in [0.4, 0.5) is 11.4 Å². The molecule has 0 saturated carbocycles. The van der Waals surface area contributed by atoms with Crippen LogP contribution >= 0.6 is 0 Å². The van der Waals surface area contributed by atoms with Gasteiger partial charge in [-0.15, -0.1) is 0 Å². The van der Waals surface area contributed by atoms with Gasteiger partial charge >= 0.3 is 0 Å². The van der Waals surface area contributed by atoms with E-state index >= 15 is 0 Å². The molecular weight excluding hydrogens is 316 g/mol. The SMILES string of the molecule is CC(=O)N1CCc2cc(NC(=O)C(C)Oc3ccc(C)cc3)ccc21. The molecule has 1 atom stereocenters. The highest BCUT2D eigenvalue weighted by Gasteiger charge is 2.23. The van der Waals surface area contributed by atoms with Crippen LogP contribution in [-0.4, -0.2) is 24.5 Å². The van der Waals surface area contributed by atoms with Gasteiger partial charge in [-0.05, 0) is 56.2 Å². The quantitative estimate of drug-likeness (QED) is 0.930. The number of nitrogens with one attached hydrogen (secondary N) is 1. The van der Waals surface area contributed by atoms with Gasteiger partial charge in [0.15, 0.2) is 6.10 Å². The number of anilines is 2. The Labute approximate surface area is 147 Å². The Morgan fingerprint density at radius 1 is 1.16 bits per heavy atom. The van der Waals surface area contributed by atoms with Gasteiger partial charge in [-0.1, -0.05) is 17.7 Å². The van der Waals surface area contributed by atoms with Crippen molar-refractivity contribution in [2.45, 2.75) is 33.3 Å². The van der Waals surface area contributed by atoms with E-state index in [1.54, 1.807) is 18.7 Å². The first-order valence-electron chi connectivity index (χ1n) is 8.39. The minimum atomic E-state index is -0.607. The van der Waals surface area contributed by atoms with Gasteiger partial charge in [-0.25, -0.2) is 0 Å². The second-order valence-corrected chi connectivity index (χ2v) is 6.33. The third kappa shape index (κ3) is 3.82. The molecule has 2 aromatic carbocycles. The lowest BCUT2D eigenvalue weighted by Gasteiger charge is -2.17. The number of rotatable bonds is 4. The van der Waals surface area contributed by atoms with E-state index < -0.39 is 6.10 Å². The van der Waals surface area contributed by atoms with Crippen LogP contribution in [0.2, 0.25) is 0 Å². The molecular formula is C20H22N2O3. The predicted molar refractivity (Wildman–Crippen MR) is 98.1 cm³/mol. The first-order chi connectivity index (χ1) is 11.9. The lowest BCUT2D eigenvalue weighted by atomic mass is 10.1. The molecule has 3 rings (SSSR count). The van der Waals surface area contributed by atoms with E-state index in [1.807, 2.05) is 49.4 Å². The standard InChI is InChI=1S/C20H22N2O3/c1-13-4-7-18(8-5-13)25-14(2)20(24)21-17-6-9-19-16(12-17)10-11-22(19)15(3)23/h4-9,12,14H,10-11H2,1-3H3,(H,21,24). The zero-order chi connectivity index (χ0) is 18.0. The van der Waals surface area contributed by atoms with Gasteiger partial charge in [0.1, 0.15) is 5.75 Å². The Kier molecular flexibility index (Phi) is 4.74. The van der Waals surface area contributed by atoms with Crippen LogP contribution in [0.15, 0.2) is 42.5 Å². The first-order valence-corrected chi connectivity index (χ1v) is 8.39. The number of aryl methyl sites for hydroxylation is 1.